The largest absolute Gasteiger partial charge is 0.513 e. The number of hydrogen-bond acceptors (Lipinski definition) is 12. The summed E-state index contributed by atoms with van der Waals surface area (Å²) < 4.78 is 35.2. The van der Waals surface area contributed by atoms with Gasteiger partial charge in [0.25, 0.3) is 0 Å². The van der Waals surface area contributed by atoms with Crippen molar-refractivity contribution < 1.29 is 52.3 Å². The average molecular weight is 542 g/mol. The van der Waals surface area contributed by atoms with Gasteiger partial charge in [-0.05, 0) is 42.4 Å². The van der Waals surface area contributed by atoms with Crippen LogP contribution >= 0.6 is 0 Å². The van der Waals surface area contributed by atoms with E-state index in [1.165, 1.54) is 19.2 Å². The first-order valence-electron chi connectivity index (χ1n) is 12.5. The summed E-state index contributed by atoms with van der Waals surface area (Å²) in [6.45, 7) is 9.99. The van der Waals surface area contributed by atoms with E-state index < -0.39 is 30.5 Å². The molecule has 38 heavy (non-hydrogen) atoms. The number of carbonyl (C=O) groups excluding carboxylic acids is 4. The third-order valence-electron chi connectivity index (χ3n) is 4.53. The van der Waals surface area contributed by atoms with Gasteiger partial charge in [-0.15, -0.1) is 0 Å². The van der Waals surface area contributed by atoms with Crippen molar-refractivity contribution in [3.63, 3.8) is 0 Å². The Bertz CT molecular complexity index is 901. The van der Waals surface area contributed by atoms with E-state index in [-0.39, 0.29) is 62.7 Å². The Labute approximate surface area is 223 Å². The van der Waals surface area contributed by atoms with E-state index in [1.54, 1.807) is 6.07 Å². The predicted molar refractivity (Wildman–Crippen MR) is 135 cm³/mol. The summed E-state index contributed by atoms with van der Waals surface area (Å²) >= 11 is 0. The van der Waals surface area contributed by atoms with Crippen LogP contribution in [0, 0.1) is 11.8 Å². The maximum Gasteiger partial charge on any atom is 0.513 e. The molecule has 0 amide bonds. The van der Waals surface area contributed by atoms with E-state index in [1.807, 2.05) is 34.6 Å². The molecule has 0 aliphatic carbocycles. The summed E-state index contributed by atoms with van der Waals surface area (Å²) in [7, 11) is 1.24. The minimum atomic E-state index is -0.981. The van der Waals surface area contributed by atoms with E-state index in [2.05, 4.69) is 5.32 Å². The van der Waals surface area contributed by atoms with Crippen molar-refractivity contribution in [2.75, 3.05) is 40.1 Å². The molecule has 0 fully saturated rings. The van der Waals surface area contributed by atoms with Crippen molar-refractivity contribution in [3.8, 4) is 11.5 Å². The Morgan fingerprint density at radius 3 is 1.92 bits per heavy atom. The number of esters is 1. The van der Waals surface area contributed by atoms with Crippen molar-refractivity contribution in [2.45, 2.75) is 53.5 Å². The molecule has 0 saturated heterocycles. The van der Waals surface area contributed by atoms with Gasteiger partial charge in [0.15, 0.2) is 11.5 Å². The Kier molecular flexibility index (Phi) is 15.2. The number of ether oxygens (including phenoxy) is 7. The normalized spacial score (nSPS) is 11.5. The second-order valence-corrected chi connectivity index (χ2v) is 9.08. The second-order valence-electron chi connectivity index (χ2n) is 9.08. The highest BCUT2D eigenvalue weighted by molar-refractivity contribution is 5.76. The highest BCUT2D eigenvalue weighted by Crippen LogP contribution is 2.30. The van der Waals surface area contributed by atoms with Crippen molar-refractivity contribution in [1.82, 2.24) is 5.32 Å². The molecule has 1 N–H and O–H groups in total. The lowest BCUT2D eigenvalue weighted by molar-refractivity contribution is -0.143. The summed E-state index contributed by atoms with van der Waals surface area (Å²) in [5.41, 5.74) is 0.547. The van der Waals surface area contributed by atoms with Crippen LogP contribution in [-0.4, -0.2) is 70.6 Å². The zero-order chi connectivity index (χ0) is 28.5. The van der Waals surface area contributed by atoms with E-state index in [9.17, 15) is 19.2 Å². The van der Waals surface area contributed by atoms with Crippen LogP contribution in [0.15, 0.2) is 18.2 Å². The first-order chi connectivity index (χ1) is 18.0. The molecule has 0 heterocycles. The Morgan fingerprint density at radius 1 is 0.789 bits per heavy atom. The topological polar surface area (TPSA) is 145 Å². The van der Waals surface area contributed by atoms with Crippen LogP contribution in [0.5, 0.6) is 11.5 Å². The molecule has 1 aromatic carbocycles. The standard InChI is InChI=1S/C26H39NO11/c1-7-11-33-24(29)34-12-10-27-20(23(28)32-6)13-19-8-9-21(37-25(30)35-15-17(2)3)22(14-19)38-26(31)36-16-18(4)5/h8-9,14,17-18,20,27H,7,10-13,15-16H2,1-6H3/t20-/m0/s1. The first kappa shape index (κ1) is 32.5. The molecule has 0 aliphatic heterocycles. The van der Waals surface area contributed by atoms with Crippen LogP contribution in [0.2, 0.25) is 0 Å². The smallest absolute Gasteiger partial charge is 0.468 e. The monoisotopic (exact) mass is 541 g/mol. The van der Waals surface area contributed by atoms with Gasteiger partial charge in [0, 0.05) is 6.54 Å². The molecule has 0 spiro atoms. The molecule has 1 rings (SSSR count). The first-order valence-corrected chi connectivity index (χ1v) is 12.5. The second kappa shape index (κ2) is 17.8. The van der Waals surface area contributed by atoms with Gasteiger partial charge in [0.1, 0.15) is 12.6 Å². The Morgan fingerprint density at radius 2 is 1.37 bits per heavy atom. The van der Waals surface area contributed by atoms with Crippen molar-refractivity contribution >= 4 is 24.4 Å². The van der Waals surface area contributed by atoms with Crippen LogP contribution in [-0.2, 0) is 34.9 Å². The number of methoxy groups -OCH3 is 1. The summed E-state index contributed by atoms with van der Waals surface area (Å²) in [5, 5.41) is 2.95. The van der Waals surface area contributed by atoms with Crippen LogP contribution < -0.4 is 14.8 Å². The fraction of sp³-hybridized carbons (Fsp3) is 0.615. The minimum Gasteiger partial charge on any atom is -0.468 e. The highest BCUT2D eigenvalue weighted by atomic mass is 16.7. The number of carbonyl (C=O) groups is 4. The summed E-state index contributed by atoms with van der Waals surface area (Å²) in [6, 6.07) is 3.63. The summed E-state index contributed by atoms with van der Waals surface area (Å²) in [5.74, 6) is -0.536. The lowest BCUT2D eigenvalue weighted by Gasteiger charge is -2.18. The SMILES string of the molecule is CCCOC(=O)OCCN[C@@H](Cc1ccc(OC(=O)OCC(C)C)c(OC(=O)OCC(C)C)c1)C(=O)OC. The number of hydrogen-bond donors (Lipinski definition) is 1. The van der Waals surface area contributed by atoms with Gasteiger partial charge in [0.2, 0.25) is 0 Å². The summed E-state index contributed by atoms with van der Waals surface area (Å²) in [6.07, 6.45) is -1.95. The summed E-state index contributed by atoms with van der Waals surface area (Å²) in [4.78, 5) is 48.1. The Balaban J connectivity index is 2.96. The van der Waals surface area contributed by atoms with Crippen LogP contribution in [0.4, 0.5) is 14.4 Å². The molecule has 214 valence electrons. The van der Waals surface area contributed by atoms with Crippen molar-refractivity contribution in [2.24, 2.45) is 11.8 Å². The fourth-order valence-corrected chi connectivity index (χ4v) is 2.76. The fourth-order valence-electron chi connectivity index (χ4n) is 2.76. The number of nitrogens with one attached hydrogen (secondary N) is 1. The molecular formula is C26H39NO11. The van der Waals surface area contributed by atoms with E-state index >= 15 is 0 Å². The highest BCUT2D eigenvalue weighted by Gasteiger charge is 2.22. The molecule has 0 radical (unpaired) electrons. The number of benzene rings is 1. The third-order valence-corrected chi connectivity index (χ3v) is 4.53. The lowest BCUT2D eigenvalue weighted by atomic mass is 10.1. The lowest BCUT2D eigenvalue weighted by Crippen LogP contribution is -2.41. The van der Waals surface area contributed by atoms with Gasteiger partial charge in [-0.2, -0.15) is 0 Å². The van der Waals surface area contributed by atoms with Crippen LogP contribution in [0.3, 0.4) is 0 Å². The van der Waals surface area contributed by atoms with Gasteiger partial charge in [-0.1, -0.05) is 40.7 Å². The molecule has 0 saturated carbocycles. The molecule has 12 heteroatoms. The zero-order valence-electron chi connectivity index (χ0n) is 22.9. The quantitative estimate of drug-likeness (QED) is 0.146. The van der Waals surface area contributed by atoms with E-state index in [0.29, 0.717) is 12.0 Å². The molecule has 0 unspecified atom stereocenters. The minimum absolute atomic E-state index is 0.0304. The van der Waals surface area contributed by atoms with Crippen molar-refractivity contribution in [3.05, 3.63) is 23.8 Å². The van der Waals surface area contributed by atoms with Gasteiger partial charge < -0.3 is 38.5 Å². The van der Waals surface area contributed by atoms with Crippen LogP contribution in [0.25, 0.3) is 0 Å². The molecule has 1 atom stereocenters. The van der Waals surface area contributed by atoms with E-state index in [0.717, 1.165) is 0 Å². The maximum atomic E-state index is 12.3. The van der Waals surface area contributed by atoms with Crippen LogP contribution in [0.1, 0.15) is 46.6 Å². The average Bonchev–Trinajstić information content (AvgIpc) is 2.87. The molecule has 12 nitrogen and oxygen atoms in total. The maximum absolute atomic E-state index is 12.3. The van der Waals surface area contributed by atoms with Crippen molar-refractivity contribution in [1.29, 1.82) is 0 Å². The van der Waals surface area contributed by atoms with Gasteiger partial charge >= 0.3 is 24.4 Å². The molecule has 1 aromatic rings. The predicted octanol–water partition coefficient (Wildman–Crippen LogP) is 4.27. The molecule has 0 bridgehead atoms. The third kappa shape index (κ3) is 13.7. The molecule has 0 aliphatic rings. The number of rotatable bonds is 15. The van der Waals surface area contributed by atoms with Gasteiger partial charge in [-0.3, -0.25) is 4.79 Å². The molecular weight excluding hydrogens is 502 g/mol. The zero-order valence-corrected chi connectivity index (χ0v) is 22.9. The van der Waals surface area contributed by atoms with Gasteiger partial charge in [-0.25, -0.2) is 14.4 Å². The Hall–Kier alpha value is -3.54. The van der Waals surface area contributed by atoms with Gasteiger partial charge in [0.05, 0.1) is 26.9 Å². The van der Waals surface area contributed by atoms with E-state index in [4.69, 9.17) is 33.2 Å². The molecule has 0 aromatic heterocycles.